The van der Waals surface area contributed by atoms with Gasteiger partial charge in [-0.1, -0.05) is 36.4 Å². The lowest BCUT2D eigenvalue weighted by atomic mass is 9.92. The Morgan fingerprint density at radius 2 is 1.05 bits per heavy atom. The molecule has 4 aromatic rings. The second-order valence-electron chi connectivity index (χ2n) is 14.9. The van der Waals surface area contributed by atoms with E-state index in [2.05, 4.69) is 76.7 Å². The van der Waals surface area contributed by atoms with Gasteiger partial charge in [0.25, 0.3) is 0 Å². The third kappa shape index (κ3) is 16.7. The number of carbonyl (C=O) groups is 2. The average molecular weight is 1010 g/mol. The summed E-state index contributed by atoms with van der Waals surface area (Å²) in [4.78, 5) is 31.3. The molecule has 64 heavy (non-hydrogen) atoms. The molecule has 2 aromatic heterocycles. The number of aliphatic carboxylic acids is 2. The second-order valence-corrected chi connectivity index (χ2v) is 16.6. The predicted octanol–water partition coefficient (Wildman–Crippen LogP) is 7.44. The fourth-order valence-corrected chi connectivity index (χ4v) is 7.45. The minimum atomic E-state index is -1.09. The highest BCUT2D eigenvalue weighted by molar-refractivity contribution is 9.10. The molecule has 0 spiro atoms. The van der Waals surface area contributed by atoms with Crippen molar-refractivity contribution >= 4 is 43.8 Å². The molecular weight excluding hydrogens is 956 g/mol. The number of aliphatic hydroxyl groups is 2. The minimum absolute atomic E-state index is 0.0622. The van der Waals surface area contributed by atoms with Gasteiger partial charge in [0.2, 0.25) is 23.5 Å². The number of nitrogens with one attached hydrogen (secondary N) is 2. The number of pyridine rings is 2. The van der Waals surface area contributed by atoms with Crippen LogP contribution in [0, 0.1) is 36.5 Å². The van der Waals surface area contributed by atoms with E-state index in [1.165, 1.54) is 0 Å². The number of aliphatic hydroxyl groups excluding tert-OH is 2. The first kappa shape index (κ1) is 51.3. The van der Waals surface area contributed by atoms with Crippen LogP contribution in [0.25, 0.3) is 11.1 Å². The van der Waals surface area contributed by atoms with E-state index in [0.717, 1.165) is 33.4 Å². The number of nitrogens with zero attached hydrogens (tertiary/aromatic N) is 4. The van der Waals surface area contributed by atoms with Gasteiger partial charge in [0.15, 0.2) is 0 Å². The smallest absolute Gasteiger partial charge is 0.306 e. The molecule has 0 aliphatic heterocycles. The zero-order valence-corrected chi connectivity index (χ0v) is 39.0. The molecule has 16 nitrogen and oxygen atoms in total. The van der Waals surface area contributed by atoms with E-state index in [9.17, 15) is 19.8 Å². The molecule has 6 N–H and O–H groups in total. The van der Waals surface area contributed by atoms with Gasteiger partial charge in [-0.05, 0) is 117 Å². The Kier molecular flexibility index (Phi) is 21.7. The summed E-state index contributed by atoms with van der Waals surface area (Å²) in [6.45, 7) is 5.77. The Balaban J connectivity index is 1.49. The Morgan fingerprint density at radius 3 is 1.42 bits per heavy atom. The molecule has 342 valence electrons. The van der Waals surface area contributed by atoms with Crippen LogP contribution in [-0.4, -0.2) is 80.8 Å². The van der Waals surface area contributed by atoms with Crippen LogP contribution in [0.3, 0.4) is 0 Å². The van der Waals surface area contributed by atoms with Gasteiger partial charge in [-0.3, -0.25) is 9.59 Å². The number of hydrogen-bond donors (Lipinski definition) is 6. The van der Waals surface area contributed by atoms with Crippen molar-refractivity contribution in [3.05, 3.63) is 90.9 Å². The van der Waals surface area contributed by atoms with Crippen LogP contribution >= 0.6 is 31.9 Å². The van der Waals surface area contributed by atoms with Crippen molar-refractivity contribution in [2.45, 2.75) is 104 Å². The lowest BCUT2D eigenvalue weighted by molar-refractivity contribution is -0.140. The van der Waals surface area contributed by atoms with Gasteiger partial charge >= 0.3 is 11.9 Å². The summed E-state index contributed by atoms with van der Waals surface area (Å²) in [6.07, 6.45) is 0.607. The Bertz CT molecular complexity index is 2110. The van der Waals surface area contributed by atoms with E-state index >= 15 is 0 Å². The quantitative estimate of drug-likeness (QED) is 0.0289. The molecular formula is C46H54Br2N6O10. The maximum Gasteiger partial charge on any atom is 0.306 e. The highest BCUT2D eigenvalue weighted by Gasteiger charge is 2.19. The van der Waals surface area contributed by atoms with Crippen molar-refractivity contribution in [1.82, 2.24) is 20.6 Å². The third-order valence-electron chi connectivity index (χ3n) is 9.93. The molecule has 2 heterocycles. The van der Waals surface area contributed by atoms with Crippen LogP contribution in [0.5, 0.6) is 23.5 Å². The molecule has 0 saturated heterocycles. The first-order valence-corrected chi connectivity index (χ1v) is 22.4. The Hall–Kier alpha value is -5.34. The average Bonchev–Trinajstić information content (AvgIpc) is 3.24. The summed E-state index contributed by atoms with van der Waals surface area (Å²) in [5.41, 5.74) is 7.27. The van der Waals surface area contributed by atoms with E-state index < -0.39 is 24.1 Å². The molecule has 4 rings (SSSR count). The zero-order valence-electron chi connectivity index (χ0n) is 35.9. The van der Waals surface area contributed by atoms with Crippen LogP contribution in [-0.2, 0) is 35.9 Å². The van der Waals surface area contributed by atoms with Gasteiger partial charge in [-0.25, -0.2) is 0 Å². The lowest BCUT2D eigenvalue weighted by Gasteiger charge is -2.18. The van der Waals surface area contributed by atoms with E-state index in [-0.39, 0.29) is 52.2 Å². The van der Waals surface area contributed by atoms with Crippen molar-refractivity contribution in [1.29, 1.82) is 10.5 Å². The maximum atomic E-state index is 11.0. The monoisotopic (exact) mass is 1010 g/mol. The molecule has 0 amide bonds. The molecule has 0 fully saturated rings. The van der Waals surface area contributed by atoms with Gasteiger partial charge < -0.3 is 50.0 Å². The standard InChI is InChI=1S/C46H54Br2N6O10/c1-29-31(27-63-45-39(47)19-33(23-51-25-35(55)21-41(57)58)43(53-45)61-17-7-3-5-15-49)11-9-13-37(29)38-14-10-12-32(30(38)2)28-64-46-40(48)20-34(24-52-26-36(56)22-42(59)60)44(54-46)62-18-8-4-6-16-50/h9-14,19-20,35-36,51-52,55-56H,3-8,17-18,21-28H2,1-2H3,(H,57,58)(H,59,60). The highest BCUT2D eigenvalue weighted by atomic mass is 79.9. The molecule has 2 unspecified atom stereocenters. The number of halogens is 2. The van der Waals surface area contributed by atoms with Crippen LogP contribution in [0.4, 0.5) is 0 Å². The van der Waals surface area contributed by atoms with E-state index in [4.69, 9.17) is 39.7 Å². The fraction of sp³-hybridized carbons (Fsp3) is 0.435. The number of rotatable bonds is 29. The topological polar surface area (TPSA) is 249 Å². The number of carboxylic acids is 2. The number of nitriles is 2. The first-order chi connectivity index (χ1) is 30.8. The van der Waals surface area contributed by atoms with Crippen molar-refractivity contribution in [3.8, 4) is 46.8 Å². The van der Waals surface area contributed by atoms with E-state index in [0.29, 0.717) is 95.3 Å². The SMILES string of the molecule is Cc1c(COc2nc(OCCCCC#N)c(CNCC(O)CC(=O)O)cc2Br)cccc1-c1cccc(COc2nc(OCCCCC#N)c(CNCC(O)CC(=O)O)cc2Br)c1C. The minimum Gasteiger partial charge on any atom is -0.481 e. The number of aromatic nitrogens is 2. The molecule has 0 radical (unpaired) electrons. The zero-order chi connectivity index (χ0) is 46.4. The van der Waals surface area contributed by atoms with E-state index in [1.807, 2.05) is 50.2 Å². The second kappa shape index (κ2) is 27.1. The van der Waals surface area contributed by atoms with E-state index in [1.54, 1.807) is 0 Å². The number of benzene rings is 2. The largest absolute Gasteiger partial charge is 0.481 e. The maximum absolute atomic E-state index is 11.0. The summed E-state index contributed by atoms with van der Waals surface area (Å²) < 4.78 is 25.8. The first-order valence-electron chi connectivity index (χ1n) is 20.8. The third-order valence-corrected chi connectivity index (χ3v) is 11.1. The Morgan fingerprint density at radius 1 is 0.641 bits per heavy atom. The van der Waals surface area contributed by atoms with Crippen molar-refractivity contribution in [2.75, 3.05) is 26.3 Å². The van der Waals surface area contributed by atoms with Crippen LogP contribution in [0.1, 0.15) is 84.7 Å². The normalized spacial score (nSPS) is 11.9. The molecule has 0 aliphatic carbocycles. The van der Waals surface area contributed by atoms with Gasteiger partial charge in [0.05, 0.1) is 59.3 Å². The fourth-order valence-electron chi connectivity index (χ4n) is 6.49. The number of hydrogen-bond acceptors (Lipinski definition) is 14. The summed E-state index contributed by atoms with van der Waals surface area (Å²) in [7, 11) is 0. The molecule has 2 atom stereocenters. The lowest BCUT2D eigenvalue weighted by Crippen LogP contribution is -2.28. The molecule has 0 aliphatic rings. The van der Waals surface area contributed by atoms with Crippen molar-refractivity contribution in [3.63, 3.8) is 0 Å². The van der Waals surface area contributed by atoms with Crippen molar-refractivity contribution < 1.29 is 49.0 Å². The van der Waals surface area contributed by atoms with Crippen LogP contribution < -0.4 is 29.6 Å². The molecule has 0 bridgehead atoms. The predicted molar refractivity (Wildman–Crippen MR) is 244 cm³/mol. The molecule has 0 saturated carbocycles. The van der Waals surface area contributed by atoms with Crippen LogP contribution in [0.15, 0.2) is 57.5 Å². The van der Waals surface area contributed by atoms with Crippen molar-refractivity contribution in [2.24, 2.45) is 0 Å². The summed E-state index contributed by atoms with van der Waals surface area (Å²) in [5, 5.41) is 61.9. The van der Waals surface area contributed by atoms with Gasteiger partial charge in [-0.15, -0.1) is 0 Å². The summed E-state index contributed by atoms with van der Waals surface area (Å²) in [5.74, 6) is -0.904. The number of unbranched alkanes of at least 4 members (excludes halogenated alkanes) is 4. The summed E-state index contributed by atoms with van der Waals surface area (Å²) in [6, 6.07) is 19.9. The Labute approximate surface area is 389 Å². The van der Waals surface area contributed by atoms with Gasteiger partial charge in [-0.2, -0.15) is 20.5 Å². The molecule has 2 aromatic carbocycles. The number of ether oxygens (including phenoxy) is 4. The highest BCUT2D eigenvalue weighted by Crippen LogP contribution is 2.35. The van der Waals surface area contributed by atoms with Gasteiger partial charge in [0.1, 0.15) is 13.2 Å². The van der Waals surface area contributed by atoms with Crippen LogP contribution in [0.2, 0.25) is 0 Å². The molecule has 18 heteroatoms. The number of carboxylic acid groups (broad SMARTS) is 2. The van der Waals surface area contributed by atoms with Gasteiger partial charge in [0, 0.05) is 50.1 Å². The summed E-state index contributed by atoms with van der Waals surface area (Å²) >= 11 is 7.17.